The summed E-state index contributed by atoms with van der Waals surface area (Å²) >= 11 is 0. The second-order valence-corrected chi connectivity index (χ2v) is 7.55. The molecular formula is C18H19N5O3S. The molecule has 1 aromatic carbocycles. The van der Waals surface area contributed by atoms with Crippen molar-refractivity contribution in [3.05, 3.63) is 66.1 Å². The highest BCUT2D eigenvalue weighted by atomic mass is 32.2. The Bertz CT molecular complexity index is 1050. The van der Waals surface area contributed by atoms with Crippen molar-refractivity contribution in [3.8, 4) is 5.82 Å². The van der Waals surface area contributed by atoms with Crippen LogP contribution >= 0.6 is 0 Å². The Morgan fingerprint density at radius 2 is 2.04 bits per heavy atom. The van der Waals surface area contributed by atoms with Crippen LogP contribution in [0.1, 0.15) is 22.8 Å². The quantitative estimate of drug-likeness (QED) is 0.676. The lowest BCUT2D eigenvalue weighted by molar-refractivity contribution is 0.102. The highest BCUT2D eigenvalue weighted by Crippen LogP contribution is 2.18. The van der Waals surface area contributed by atoms with Crippen molar-refractivity contribution in [2.75, 3.05) is 11.9 Å². The van der Waals surface area contributed by atoms with Gasteiger partial charge in [0.05, 0.1) is 16.8 Å². The van der Waals surface area contributed by atoms with E-state index in [2.05, 4.69) is 20.1 Å². The number of benzene rings is 1. The molecule has 3 aromatic rings. The summed E-state index contributed by atoms with van der Waals surface area (Å²) in [7, 11) is -3.64. The van der Waals surface area contributed by atoms with Crippen LogP contribution in [0.5, 0.6) is 0 Å². The monoisotopic (exact) mass is 385 g/mol. The maximum atomic E-state index is 12.6. The van der Waals surface area contributed by atoms with Gasteiger partial charge in [0.2, 0.25) is 10.0 Å². The first kappa shape index (κ1) is 18.7. The smallest absolute Gasteiger partial charge is 0.256 e. The average molecular weight is 385 g/mol. The van der Waals surface area contributed by atoms with Crippen LogP contribution in [0.25, 0.3) is 5.82 Å². The molecule has 2 N–H and O–H groups in total. The molecule has 0 saturated heterocycles. The normalized spacial score (nSPS) is 11.3. The van der Waals surface area contributed by atoms with Crippen molar-refractivity contribution in [3.63, 3.8) is 0 Å². The molecule has 0 atom stereocenters. The number of hydrogen-bond donors (Lipinski definition) is 2. The van der Waals surface area contributed by atoms with Gasteiger partial charge in [-0.15, -0.1) is 0 Å². The third-order valence-corrected chi connectivity index (χ3v) is 5.39. The molecule has 1 amide bonds. The fraction of sp³-hybridized carbons (Fsp3) is 0.167. The first-order valence-electron chi connectivity index (χ1n) is 8.28. The topological polar surface area (TPSA) is 106 Å². The van der Waals surface area contributed by atoms with Crippen LogP contribution in [0.3, 0.4) is 0 Å². The summed E-state index contributed by atoms with van der Waals surface area (Å²) < 4.78 is 28.3. The molecule has 0 aliphatic heterocycles. The molecule has 0 bridgehead atoms. The number of nitrogens with one attached hydrogen (secondary N) is 2. The van der Waals surface area contributed by atoms with Crippen molar-refractivity contribution >= 4 is 21.6 Å². The third-order valence-electron chi connectivity index (χ3n) is 3.84. The molecular weight excluding hydrogens is 366 g/mol. The Kier molecular flexibility index (Phi) is 5.33. The lowest BCUT2D eigenvalue weighted by Crippen LogP contribution is -2.24. The van der Waals surface area contributed by atoms with Gasteiger partial charge in [0, 0.05) is 24.5 Å². The van der Waals surface area contributed by atoms with E-state index < -0.39 is 15.9 Å². The summed E-state index contributed by atoms with van der Waals surface area (Å²) in [6.45, 7) is 3.71. The minimum Gasteiger partial charge on any atom is -0.321 e. The Balaban J connectivity index is 1.82. The second-order valence-electron chi connectivity index (χ2n) is 5.79. The van der Waals surface area contributed by atoms with Gasteiger partial charge in [-0.2, -0.15) is 5.10 Å². The first-order chi connectivity index (χ1) is 12.9. The highest BCUT2D eigenvalue weighted by Gasteiger charge is 2.17. The molecule has 0 radical (unpaired) electrons. The van der Waals surface area contributed by atoms with Crippen LogP contribution < -0.4 is 10.0 Å². The number of hydrogen-bond acceptors (Lipinski definition) is 5. The molecule has 9 heteroatoms. The number of aryl methyl sites for hydroxylation is 1. The van der Waals surface area contributed by atoms with Crippen molar-refractivity contribution < 1.29 is 13.2 Å². The molecule has 8 nitrogen and oxygen atoms in total. The minimum atomic E-state index is -3.64. The zero-order valence-corrected chi connectivity index (χ0v) is 15.7. The van der Waals surface area contributed by atoms with Gasteiger partial charge >= 0.3 is 0 Å². The van der Waals surface area contributed by atoms with E-state index in [4.69, 9.17) is 0 Å². The predicted octanol–water partition coefficient (Wildman–Crippen LogP) is 2.13. The molecule has 2 aromatic heterocycles. The SMILES string of the molecule is CCNS(=O)(=O)c1ccc(C)c(C(=O)Nc2ccc(-n3cccn3)nc2)c1. The van der Waals surface area contributed by atoms with Gasteiger partial charge in [-0.05, 0) is 42.8 Å². The molecule has 0 spiro atoms. The second kappa shape index (κ2) is 7.68. The maximum Gasteiger partial charge on any atom is 0.256 e. The molecule has 140 valence electrons. The van der Waals surface area contributed by atoms with E-state index in [-0.39, 0.29) is 17.0 Å². The predicted molar refractivity (Wildman–Crippen MR) is 101 cm³/mol. The van der Waals surface area contributed by atoms with E-state index in [1.165, 1.54) is 18.3 Å². The van der Waals surface area contributed by atoms with Gasteiger partial charge in [-0.25, -0.2) is 22.8 Å². The molecule has 0 aliphatic rings. The number of amides is 1. The third kappa shape index (κ3) is 4.21. The Hall–Kier alpha value is -3.04. The number of nitrogens with zero attached hydrogens (tertiary/aromatic N) is 3. The van der Waals surface area contributed by atoms with Crippen molar-refractivity contribution in [2.45, 2.75) is 18.7 Å². The lowest BCUT2D eigenvalue weighted by atomic mass is 10.1. The minimum absolute atomic E-state index is 0.0484. The van der Waals surface area contributed by atoms with Crippen LogP contribution in [-0.2, 0) is 10.0 Å². The summed E-state index contributed by atoms with van der Waals surface area (Å²) in [6.07, 6.45) is 4.93. The molecule has 0 saturated carbocycles. The Morgan fingerprint density at radius 3 is 2.67 bits per heavy atom. The van der Waals surface area contributed by atoms with Gasteiger partial charge < -0.3 is 5.32 Å². The van der Waals surface area contributed by atoms with Crippen LogP contribution in [0.2, 0.25) is 0 Å². The summed E-state index contributed by atoms with van der Waals surface area (Å²) in [5.41, 5.74) is 1.45. The highest BCUT2D eigenvalue weighted by molar-refractivity contribution is 7.89. The summed E-state index contributed by atoms with van der Waals surface area (Å²) in [5.74, 6) is 0.211. The average Bonchev–Trinajstić information content (AvgIpc) is 3.17. The zero-order valence-electron chi connectivity index (χ0n) is 14.9. The number of carbonyl (C=O) groups is 1. The van der Waals surface area contributed by atoms with Gasteiger partial charge in [-0.3, -0.25) is 4.79 Å². The van der Waals surface area contributed by atoms with Gasteiger partial charge in [-0.1, -0.05) is 13.0 Å². The van der Waals surface area contributed by atoms with Crippen LogP contribution in [0.15, 0.2) is 59.9 Å². The van der Waals surface area contributed by atoms with Gasteiger partial charge in [0.15, 0.2) is 5.82 Å². The van der Waals surface area contributed by atoms with Crippen molar-refractivity contribution in [2.24, 2.45) is 0 Å². The lowest BCUT2D eigenvalue weighted by Gasteiger charge is -2.11. The number of pyridine rings is 1. The standard InChI is InChI=1S/C18H19N5O3S/c1-3-21-27(25,26)15-7-5-13(2)16(11-15)18(24)22-14-6-8-17(19-12-14)23-10-4-9-20-23/h4-12,21H,3H2,1-2H3,(H,22,24). The van der Waals surface area contributed by atoms with Crippen LogP contribution in [0.4, 0.5) is 5.69 Å². The van der Waals surface area contributed by atoms with Crippen LogP contribution in [-0.4, -0.2) is 35.6 Å². The van der Waals surface area contributed by atoms with Gasteiger partial charge in [0.25, 0.3) is 5.91 Å². The fourth-order valence-corrected chi connectivity index (χ4v) is 3.55. The molecule has 0 fully saturated rings. The van der Waals surface area contributed by atoms with E-state index >= 15 is 0 Å². The first-order valence-corrected chi connectivity index (χ1v) is 9.77. The summed E-state index contributed by atoms with van der Waals surface area (Å²) in [5, 5.41) is 6.82. The van der Waals surface area contributed by atoms with Crippen LogP contribution in [0, 0.1) is 6.92 Å². The largest absolute Gasteiger partial charge is 0.321 e. The zero-order chi connectivity index (χ0) is 19.4. The molecule has 3 rings (SSSR count). The summed E-state index contributed by atoms with van der Waals surface area (Å²) in [4.78, 5) is 16.9. The number of carbonyl (C=O) groups excluding carboxylic acids is 1. The maximum absolute atomic E-state index is 12.6. The van der Waals surface area contributed by atoms with E-state index in [0.29, 0.717) is 17.1 Å². The molecule has 0 aliphatic carbocycles. The van der Waals surface area contributed by atoms with Crippen molar-refractivity contribution in [1.82, 2.24) is 19.5 Å². The molecule has 27 heavy (non-hydrogen) atoms. The van der Waals surface area contributed by atoms with E-state index in [0.717, 1.165) is 0 Å². The van der Waals surface area contributed by atoms with Crippen molar-refractivity contribution in [1.29, 1.82) is 0 Å². The Morgan fingerprint density at radius 1 is 1.22 bits per heavy atom. The molecule has 0 unspecified atom stereocenters. The number of aromatic nitrogens is 3. The molecule has 2 heterocycles. The summed E-state index contributed by atoms with van der Waals surface area (Å²) in [6, 6.07) is 9.67. The Labute approximate surface area is 157 Å². The van der Waals surface area contributed by atoms with E-state index in [1.54, 1.807) is 55.2 Å². The fourth-order valence-electron chi connectivity index (χ4n) is 2.48. The number of rotatable bonds is 6. The van der Waals surface area contributed by atoms with E-state index in [9.17, 15) is 13.2 Å². The van der Waals surface area contributed by atoms with E-state index in [1.807, 2.05) is 0 Å². The number of anilines is 1. The van der Waals surface area contributed by atoms with Gasteiger partial charge in [0.1, 0.15) is 0 Å². The number of sulfonamides is 1.